The van der Waals surface area contributed by atoms with Crippen molar-refractivity contribution in [1.82, 2.24) is 0 Å². The number of aliphatic imine (C=N–C) groups is 1. The molecule has 2 rings (SSSR count). The first-order chi connectivity index (χ1) is 7.38. The van der Waals surface area contributed by atoms with Gasteiger partial charge >= 0.3 is 0 Å². The Morgan fingerprint density at radius 2 is 2.13 bits per heavy atom. The highest BCUT2D eigenvalue weighted by Gasteiger charge is 2.10. The van der Waals surface area contributed by atoms with Gasteiger partial charge in [0.2, 0.25) is 5.90 Å². The second-order valence-electron chi connectivity index (χ2n) is 3.43. The van der Waals surface area contributed by atoms with Crippen molar-refractivity contribution in [2.45, 2.75) is 26.7 Å². The SMILES string of the molecule is C1=CCC=CC(C2=NCCO2)=C1.CCC. The highest BCUT2D eigenvalue weighted by atomic mass is 16.5. The van der Waals surface area contributed by atoms with Crippen LogP contribution < -0.4 is 0 Å². The molecule has 0 spiro atoms. The molecule has 0 radical (unpaired) electrons. The summed E-state index contributed by atoms with van der Waals surface area (Å²) >= 11 is 0. The van der Waals surface area contributed by atoms with Gasteiger partial charge < -0.3 is 4.74 Å². The lowest BCUT2D eigenvalue weighted by Crippen LogP contribution is -2.00. The fraction of sp³-hybridized carbons (Fsp3) is 0.462. The van der Waals surface area contributed by atoms with Crippen LogP contribution in [-0.2, 0) is 4.74 Å². The van der Waals surface area contributed by atoms with Gasteiger partial charge in [0.1, 0.15) is 6.61 Å². The average Bonchev–Trinajstić information content (AvgIpc) is 2.62. The number of allylic oxidation sites excluding steroid dienone is 4. The molecule has 0 fully saturated rings. The summed E-state index contributed by atoms with van der Waals surface area (Å²) in [5.41, 5.74) is 1.08. The van der Waals surface area contributed by atoms with Crippen LogP contribution >= 0.6 is 0 Å². The summed E-state index contributed by atoms with van der Waals surface area (Å²) < 4.78 is 5.34. The summed E-state index contributed by atoms with van der Waals surface area (Å²) in [4.78, 5) is 4.24. The smallest absolute Gasteiger partial charge is 0.216 e. The topological polar surface area (TPSA) is 21.6 Å². The van der Waals surface area contributed by atoms with E-state index in [1.807, 2.05) is 12.2 Å². The Morgan fingerprint density at radius 3 is 2.80 bits per heavy atom. The molecule has 82 valence electrons. The summed E-state index contributed by atoms with van der Waals surface area (Å²) in [7, 11) is 0. The molecule has 15 heavy (non-hydrogen) atoms. The van der Waals surface area contributed by atoms with E-state index in [2.05, 4.69) is 37.1 Å². The van der Waals surface area contributed by atoms with E-state index in [1.165, 1.54) is 6.42 Å². The molecule has 0 unspecified atom stereocenters. The molecule has 1 aliphatic carbocycles. The van der Waals surface area contributed by atoms with Gasteiger partial charge in [0.25, 0.3) is 0 Å². The van der Waals surface area contributed by atoms with E-state index in [4.69, 9.17) is 4.74 Å². The summed E-state index contributed by atoms with van der Waals surface area (Å²) in [5, 5.41) is 0. The lowest BCUT2D eigenvalue weighted by Gasteiger charge is -1.99. The fourth-order valence-corrected chi connectivity index (χ4v) is 1.23. The zero-order chi connectivity index (χ0) is 10.9. The molecule has 0 saturated heterocycles. The monoisotopic (exact) mass is 205 g/mol. The van der Waals surface area contributed by atoms with E-state index >= 15 is 0 Å². The molecule has 0 aromatic carbocycles. The minimum atomic E-state index is 0.726. The average molecular weight is 205 g/mol. The van der Waals surface area contributed by atoms with Crippen molar-refractivity contribution in [3.8, 4) is 0 Å². The summed E-state index contributed by atoms with van der Waals surface area (Å²) in [6.45, 7) is 5.77. The van der Waals surface area contributed by atoms with Crippen LogP contribution in [0.2, 0.25) is 0 Å². The van der Waals surface area contributed by atoms with Crippen LogP contribution in [0, 0.1) is 0 Å². The molecule has 0 atom stereocenters. The Bertz CT molecular complexity index is 298. The first-order valence-electron chi connectivity index (χ1n) is 5.59. The van der Waals surface area contributed by atoms with Crippen LogP contribution in [0.25, 0.3) is 0 Å². The van der Waals surface area contributed by atoms with E-state index in [0.29, 0.717) is 0 Å². The lowest BCUT2D eigenvalue weighted by molar-refractivity contribution is 0.348. The van der Waals surface area contributed by atoms with Gasteiger partial charge in [0.15, 0.2) is 0 Å². The zero-order valence-electron chi connectivity index (χ0n) is 9.57. The van der Waals surface area contributed by atoms with Crippen molar-refractivity contribution in [2.24, 2.45) is 4.99 Å². The zero-order valence-corrected chi connectivity index (χ0v) is 9.57. The van der Waals surface area contributed by atoms with Gasteiger partial charge in [0, 0.05) is 5.57 Å². The maximum absolute atomic E-state index is 5.34. The molecule has 0 saturated carbocycles. The number of hydrogen-bond acceptors (Lipinski definition) is 2. The standard InChI is InChI=1S/C10H11NO.C3H8/c1-2-4-6-9(5-3-1)10-11-7-8-12-10;1-3-2/h1,3-6H,2,7-8H2;3H2,1-2H3. The van der Waals surface area contributed by atoms with Crippen LogP contribution in [0.15, 0.2) is 40.9 Å². The molecule has 2 heteroatoms. The second-order valence-corrected chi connectivity index (χ2v) is 3.43. The van der Waals surface area contributed by atoms with Crippen LogP contribution in [0.3, 0.4) is 0 Å². The van der Waals surface area contributed by atoms with E-state index < -0.39 is 0 Å². The van der Waals surface area contributed by atoms with Crippen molar-refractivity contribution in [1.29, 1.82) is 0 Å². The highest BCUT2D eigenvalue weighted by Crippen LogP contribution is 2.10. The third kappa shape index (κ3) is 4.15. The van der Waals surface area contributed by atoms with Gasteiger partial charge in [-0.2, -0.15) is 0 Å². The Kier molecular flexibility index (Phi) is 5.52. The van der Waals surface area contributed by atoms with Gasteiger partial charge in [-0.05, 0) is 12.5 Å². The van der Waals surface area contributed by atoms with Gasteiger partial charge in [-0.25, -0.2) is 4.99 Å². The van der Waals surface area contributed by atoms with E-state index in [1.54, 1.807) is 0 Å². The predicted molar refractivity (Wildman–Crippen MR) is 65.2 cm³/mol. The lowest BCUT2D eigenvalue weighted by atomic mass is 10.2. The van der Waals surface area contributed by atoms with E-state index in [0.717, 1.165) is 31.0 Å². The number of hydrogen-bond donors (Lipinski definition) is 0. The van der Waals surface area contributed by atoms with Crippen molar-refractivity contribution in [3.05, 3.63) is 36.0 Å². The molecule has 1 aliphatic heterocycles. The Morgan fingerprint density at radius 1 is 1.33 bits per heavy atom. The van der Waals surface area contributed by atoms with Crippen LogP contribution in [0.1, 0.15) is 26.7 Å². The maximum Gasteiger partial charge on any atom is 0.216 e. The summed E-state index contributed by atoms with van der Waals surface area (Å²) in [6, 6.07) is 0. The molecule has 0 amide bonds. The Balaban J connectivity index is 0.000000337. The number of ether oxygens (including phenoxy) is 1. The minimum absolute atomic E-state index is 0.726. The fourth-order valence-electron chi connectivity index (χ4n) is 1.23. The van der Waals surface area contributed by atoms with Crippen molar-refractivity contribution < 1.29 is 4.74 Å². The number of nitrogens with zero attached hydrogens (tertiary/aromatic N) is 1. The third-order valence-electron chi connectivity index (χ3n) is 1.81. The first kappa shape index (κ1) is 11.8. The highest BCUT2D eigenvalue weighted by molar-refractivity contribution is 5.97. The molecule has 1 heterocycles. The largest absolute Gasteiger partial charge is 0.476 e. The van der Waals surface area contributed by atoms with Crippen molar-refractivity contribution in [2.75, 3.05) is 13.2 Å². The van der Waals surface area contributed by atoms with Crippen LogP contribution in [0.4, 0.5) is 0 Å². The predicted octanol–water partition coefficient (Wildman–Crippen LogP) is 3.27. The molecule has 0 aromatic heterocycles. The maximum atomic E-state index is 5.34. The molecular formula is C13H19NO. The molecule has 2 nitrogen and oxygen atoms in total. The summed E-state index contributed by atoms with van der Waals surface area (Å²) in [5.74, 6) is 0.790. The van der Waals surface area contributed by atoms with Gasteiger partial charge in [-0.3, -0.25) is 0 Å². The first-order valence-corrected chi connectivity index (χ1v) is 5.59. The molecule has 2 aliphatic rings. The van der Waals surface area contributed by atoms with Crippen molar-refractivity contribution in [3.63, 3.8) is 0 Å². The van der Waals surface area contributed by atoms with Gasteiger partial charge in [-0.1, -0.05) is 44.6 Å². The van der Waals surface area contributed by atoms with Gasteiger partial charge in [0.05, 0.1) is 6.54 Å². The van der Waals surface area contributed by atoms with E-state index in [-0.39, 0.29) is 0 Å². The van der Waals surface area contributed by atoms with Crippen LogP contribution in [-0.4, -0.2) is 19.0 Å². The molecule has 0 aromatic rings. The molecule has 0 N–H and O–H groups in total. The third-order valence-corrected chi connectivity index (χ3v) is 1.81. The Labute approximate surface area is 92.1 Å². The number of rotatable bonds is 1. The minimum Gasteiger partial charge on any atom is -0.476 e. The normalized spacial score (nSPS) is 18.3. The Hall–Kier alpha value is -1.31. The van der Waals surface area contributed by atoms with E-state index in [9.17, 15) is 0 Å². The second kappa shape index (κ2) is 7.04. The summed E-state index contributed by atoms with van der Waals surface area (Å²) in [6.07, 6.45) is 12.6. The molecular weight excluding hydrogens is 186 g/mol. The van der Waals surface area contributed by atoms with Crippen molar-refractivity contribution >= 4 is 5.90 Å². The quantitative estimate of drug-likeness (QED) is 0.643. The van der Waals surface area contributed by atoms with Gasteiger partial charge in [-0.15, -0.1) is 0 Å². The van der Waals surface area contributed by atoms with Crippen LogP contribution in [0.5, 0.6) is 0 Å². The molecule has 0 bridgehead atoms.